The lowest BCUT2D eigenvalue weighted by atomic mass is 10.1. The second-order valence-corrected chi connectivity index (χ2v) is 6.97. The Morgan fingerprint density at radius 3 is 2.59 bits per heavy atom. The summed E-state index contributed by atoms with van der Waals surface area (Å²) in [7, 11) is 0. The molecular weight excluding hydrogens is 307 g/mol. The number of carbonyl (C=O) groups is 1. The topological polar surface area (TPSA) is 32.8 Å². The largest absolute Gasteiger partial charge is 0.444 e. The van der Waals surface area contributed by atoms with Crippen molar-refractivity contribution in [1.82, 2.24) is 4.90 Å². The average molecular weight is 329 g/mol. The lowest BCUT2D eigenvalue weighted by Gasteiger charge is -2.41. The van der Waals surface area contributed by atoms with Gasteiger partial charge in [0.05, 0.1) is 5.02 Å². The van der Waals surface area contributed by atoms with Gasteiger partial charge in [0.15, 0.2) is 0 Å². The van der Waals surface area contributed by atoms with Crippen molar-refractivity contribution in [2.24, 2.45) is 0 Å². The van der Waals surface area contributed by atoms with Gasteiger partial charge in [-0.2, -0.15) is 0 Å². The lowest BCUT2D eigenvalue weighted by Crippen LogP contribution is -2.55. The van der Waals surface area contributed by atoms with Gasteiger partial charge in [-0.3, -0.25) is 0 Å². The first-order valence-electron chi connectivity index (χ1n) is 7.37. The highest BCUT2D eigenvalue weighted by molar-refractivity contribution is 6.30. The van der Waals surface area contributed by atoms with Gasteiger partial charge < -0.3 is 14.5 Å². The average Bonchev–Trinajstić information content (AvgIpc) is 2.39. The predicted molar refractivity (Wildman–Crippen MR) is 86.0 cm³/mol. The third kappa shape index (κ3) is 4.03. The normalized spacial score (nSPS) is 19.3. The minimum Gasteiger partial charge on any atom is -0.444 e. The van der Waals surface area contributed by atoms with Crippen LogP contribution in [0.2, 0.25) is 5.02 Å². The van der Waals surface area contributed by atoms with Crippen LogP contribution in [0.15, 0.2) is 18.2 Å². The van der Waals surface area contributed by atoms with E-state index < -0.39 is 11.4 Å². The fourth-order valence-electron chi connectivity index (χ4n) is 2.47. The quantitative estimate of drug-likeness (QED) is 0.783. The Kier molecular flexibility index (Phi) is 4.85. The van der Waals surface area contributed by atoms with Gasteiger partial charge in [0, 0.05) is 31.4 Å². The summed E-state index contributed by atoms with van der Waals surface area (Å²) in [6, 6.07) is 4.76. The summed E-state index contributed by atoms with van der Waals surface area (Å²) in [6.07, 6.45) is -0.304. The molecule has 6 heteroatoms. The summed E-state index contributed by atoms with van der Waals surface area (Å²) >= 11 is 5.71. The molecule has 0 aliphatic carbocycles. The molecule has 0 spiro atoms. The van der Waals surface area contributed by atoms with Gasteiger partial charge in [-0.25, -0.2) is 9.18 Å². The molecule has 0 bridgehead atoms. The molecule has 1 aliphatic heterocycles. The zero-order valence-corrected chi connectivity index (χ0v) is 14.2. The highest BCUT2D eigenvalue weighted by atomic mass is 35.5. The van der Waals surface area contributed by atoms with Crippen LogP contribution in [0.1, 0.15) is 27.7 Å². The van der Waals surface area contributed by atoms with Crippen LogP contribution < -0.4 is 4.90 Å². The molecule has 22 heavy (non-hydrogen) atoms. The van der Waals surface area contributed by atoms with Crippen LogP contribution in [-0.2, 0) is 4.74 Å². The number of rotatable bonds is 1. The summed E-state index contributed by atoms with van der Waals surface area (Å²) < 4.78 is 19.0. The zero-order chi connectivity index (χ0) is 16.5. The van der Waals surface area contributed by atoms with Crippen LogP contribution in [0.4, 0.5) is 14.9 Å². The molecule has 1 amide bonds. The molecule has 0 aromatic heterocycles. The Bertz CT molecular complexity index is 560. The standard InChI is InChI=1S/C16H22ClFN2O2/c1-11-10-19(12-5-6-13(17)14(18)9-12)7-8-20(11)15(21)22-16(2,3)4/h5-6,9,11H,7-8,10H2,1-4H3. The van der Waals surface area contributed by atoms with E-state index in [0.29, 0.717) is 19.6 Å². The van der Waals surface area contributed by atoms with E-state index in [1.54, 1.807) is 17.0 Å². The molecule has 0 radical (unpaired) electrons. The van der Waals surface area contributed by atoms with Crippen LogP contribution in [0.3, 0.4) is 0 Å². The van der Waals surface area contributed by atoms with Crippen molar-refractivity contribution in [2.45, 2.75) is 39.3 Å². The van der Waals surface area contributed by atoms with Crippen molar-refractivity contribution >= 4 is 23.4 Å². The van der Waals surface area contributed by atoms with E-state index in [2.05, 4.69) is 0 Å². The Hall–Kier alpha value is -1.49. The van der Waals surface area contributed by atoms with Crippen LogP contribution in [0.25, 0.3) is 0 Å². The molecule has 1 fully saturated rings. The Morgan fingerprint density at radius 1 is 1.36 bits per heavy atom. The zero-order valence-electron chi connectivity index (χ0n) is 13.4. The molecule has 0 saturated carbocycles. The molecule has 1 aromatic carbocycles. The maximum atomic E-state index is 13.6. The van der Waals surface area contributed by atoms with E-state index >= 15 is 0 Å². The molecular formula is C16H22ClFN2O2. The van der Waals surface area contributed by atoms with E-state index in [4.69, 9.17) is 16.3 Å². The van der Waals surface area contributed by atoms with Crippen LogP contribution in [0.5, 0.6) is 0 Å². The molecule has 1 aromatic rings. The monoisotopic (exact) mass is 328 g/mol. The molecule has 4 nitrogen and oxygen atoms in total. The first-order chi connectivity index (χ1) is 10.2. The van der Waals surface area contributed by atoms with Crippen LogP contribution in [-0.4, -0.2) is 42.3 Å². The smallest absolute Gasteiger partial charge is 0.410 e. The number of carbonyl (C=O) groups excluding carboxylic acids is 1. The lowest BCUT2D eigenvalue weighted by molar-refractivity contribution is 0.0159. The van der Waals surface area contributed by atoms with Gasteiger partial charge in [-0.15, -0.1) is 0 Å². The maximum absolute atomic E-state index is 13.6. The van der Waals surface area contributed by atoms with Crippen LogP contribution in [0, 0.1) is 5.82 Å². The third-order valence-corrected chi connectivity index (χ3v) is 3.83. The van der Waals surface area contributed by atoms with Gasteiger partial charge in [0.25, 0.3) is 0 Å². The number of anilines is 1. The summed E-state index contributed by atoms with van der Waals surface area (Å²) in [6.45, 7) is 9.31. The van der Waals surface area contributed by atoms with E-state index in [-0.39, 0.29) is 17.2 Å². The minimum atomic E-state index is -0.507. The number of nitrogens with zero attached hydrogens (tertiary/aromatic N) is 2. The minimum absolute atomic E-state index is 0.0117. The van der Waals surface area contributed by atoms with Crippen molar-refractivity contribution in [1.29, 1.82) is 0 Å². The van der Waals surface area contributed by atoms with Gasteiger partial charge in [0.2, 0.25) is 0 Å². The van der Waals surface area contributed by atoms with Crippen molar-refractivity contribution < 1.29 is 13.9 Å². The number of halogens is 2. The predicted octanol–water partition coefficient (Wildman–Crippen LogP) is 3.92. The molecule has 1 heterocycles. The summed E-state index contributed by atoms with van der Waals surface area (Å²) in [4.78, 5) is 15.9. The van der Waals surface area contributed by atoms with Gasteiger partial charge in [-0.05, 0) is 45.9 Å². The first-order valence-corrected chi connectivity index (χ1v) is 7.75. The SMILES string of the molecule is CC1CN(c2ccc(Cl)c(F)c2)CCN1C(=O)OC(C)(C)C. The van der Waals surface area contributed by atoms with Gasteiger partial charge in [-0.1, -0.05) is 11.6 Å². The van der Waals surface area contributed by atoms with Gasteiger partial charge >= 0.3 is 6.09 Å². The second kappa shape index (κ2) is 6.32. The van der Waals surface area contributed by atoms with E-state index in [9.17, 15) is 9.18 Å². The number of amides is 1. The van der Waals surface area contributed by atoms with E-state index in [1.807, 2.05) is 32.6 Å². The van der Waals surface area contributed by atoms with Crippen LogP contribution >= 0.6 is 11.6 Å². The Morgan fingerprint density at radius 2 is 2.05 bits per heavy atom. The summed E-state index contributed by atoms with van der Waals surface area (Å²) in [5, 5.41) is 0.115. The number of ether oxygens (including phenoxy) is 1. The molecule has 1 aliphatic rings. The number of hydrogen-bond acceptors (Lipinski definition) is 3. The number of piperazine rings is 1. The molecule has 1 saturated heterocycles. The first kappa shape index (κ1) is 16.9. The summed E-state index contributed by atoms with van der Waals surface area (Å²) in [5.41, 5.74) is 0.269. The number of benzene rings is 1. The second-order valence-electron chi connectivity index (χ2n) is 6.57. The number of hydrogen-bond donors (Lipinski definition) is 0. The molecule has 122 valence electrons. The van der Waals surface area contributed by atoms with Crippen molar-refractivity contribution in [3.8, 4) is 0 Å². The van der Waals surface area contributed by atoms with E-state index in [1.165, 1.54) is 6.07 Å². The molecule has 0 N–H and O–H groups in total. The van der Waals surface area contributed by atoms with E-state index in [0.717, 1.165) is 5.69 Å². The van der Waals surface area contributed by atoms with Crippen molar-refractivity contribution in [2.75, 3.05) is 24.5 Å². The molecule has 2 rings (SSSR count). The molecule has 1 unspecified atom stereocenters. The fraction of sp³-hybridized carbons (Fsp3) is 0.562. The highest BCUT2D eigenvalue weighted by Gasteiger charge is 2.31. The van der Waals surface area contributed by atoms with Gasteiger partial charge in [0.1, 0.15) is 11.4 Å². The fourth-order valence-corrected chi connectivity index (χ4v) is 2.58. The van der Waals surface area contributed by atoms with Crippen molar-refractivity contribution in [3.05, 3.63) is 29.0 Å². The Labute approximate surface area is 135 Å². The van der Waals surface area contributed by atoms with Crippen molar-refractivity contribution in [3.63, 3.8) is 0 Å². The highest BCUT2D eigenvalue weighted by Crippen LogP contribution is 2.25. The molecule has 1 atom stereocenters. The maximum Gasteiger partial charge on any atom is 0.410 e. The Balaban J connectivity index is 2.03. The summed E-state index contributed by atoms with van der Waals surface area (Å²) in [5.74, 6) is -0.429. The third-order valence-electron chi connectivity index (χ3n) is 3.52.